The van der Waals surface area contributed by atoms with E-state index in [9.17, 15) is 4.79 Å². The van der Waals surface area contributed by atoms with E-state index in [2.05, 4.69) is 20.6 Å². The highest BCUT2D eigenvalue weighted by Crippen LogP contribution is 2.23. The van der Waals surface area contributed by atoms with E-state index in [4.69, 9.17) is 0 Å². The van der Waals surface area contributed by atoms with Crippen molar-refractivity contribution < 1.29 is 4.79 Å². The lowest BCUT2D eigenvalue weighted by atomic mass is 10.2. The Morgan fingerprint density at radius 3 is 2.67 bits per heavy atom. The Hall–Kier alpha value is -2.89. The van der Waals surface area contributed by atoms with E-state index in [1.54, 1.807) is 0 Å². The van der Waals surface area contributed by atoms with Crippen molar-refractivity contribution in [3.05, 3.63) is 47.9 Å². The Balaban J connectivity index is 1.59. The van der Waals surface area contributed by atoms with Crippen LogP contribution in [0.3, 0.4) is 0 Å². The van der Waals surface area contributed by atoms with Crippen molar-refractivity contribution in [2.75, 3.05) is 17.2 Å². The van der Waals surface area contributed by atoms with Gasteiger partial charge in [0.25, 0.3) is 0 Å². The molecule has 3 rings (SSSR count). The smallest absolute Gasteiger partial charge is 0.226 e. The van der Waals surface area contributed by atoms with Gasteiger partial charge in [-0.1, -0.05) is 6.07 Å². The number of rotatable bonds is 5. The molecule has 0 spiro atoms. The third-order valence-electron chi connectivity index (χ3n) is 3.82. The Labute approximate surface area is 140 Å². The fourth-order valence-corrected chi connectivity index (χ4v) is 2.72. The Kier molecular flexibility index (Phi) is 4.46. The van der Waals surface area contributed by atoms with Gasteiger partial charge in [0.2, 0.25) is 11.9 Å². The van der Waals surface area contributed by atoms with Gasteiger partial charge < -0.3 is 15.2 Å². The summed E-state index contributed by atoms with van der Waals surface area (Å²) in [5.74, 6) is 0.522. The molecule has 0 unspecified atom stereocenters. The second-order valence-electron chi connectivity index (χ2n) is 5.86. The van der Waals surface area contributed by atoms with Crippen molar-refractivity contribution in [2.24, 2.45) is 7.05 Å². The normalized spacial score (nSPS) is 10.8. The minimum absolute atomic E-state index is 0.0387. The highest BCUT2D eigenvalue weighted by molar-refractivity contribution is 6.01. The summed E-state index contributed by atoms with van der Waals surface area (Å²) < 4.78 is 2.03. The van der Waals surface area contributed by atoms with Gasteiger partial charge in [-0.3, -0.25) is 4.79 Å². The number of benzene rings is 1. The van der Waals surface area contributed by atoms with E-state index < -0.39 is 0 Å². The SMILES string of the molecule is Cc1cc(C)nc(NCCC(=O)Nc2cccc3c2ccn3C)n1. The summed E-state index contributed by atoms with van der Waals surface area (Å²) in [7, 11) is 1.99. The van der Waals surface area contributed by atoms with Gasteiger partial charge in [-0.15, -0.1) is 0 Å². The van der Waals surface area contributed by atoms with Crippen LogP contribution in [0, 0.1) is 13.8 Å². The third-order valence-corrected chi connectivity index (χ3v) is 3.82. The van der Waals surface area contributed by atoms with Gasteiger partial charge in [-0.05, 0) is 38.1 Å². The fraction of sp³-hybridized carbons (Fsp3) is 0.278. The Morgan fingerprint density at radius 1 is 1.17 bits per heavy atom. The second kappa shape index (κ2) is 6.70. The van der Waals surface area contributed by atoms with Crippen molar-refractivity contribution in [1.82, 2.24) is 14.5 Å². The average molecular weight is 323 g/mol. The molecule has 0 radical (unpaired) electrons. The average Bonchev–Trinajstić information content (AvgIpc) is 2.89. The summed E-state index contributed by atoms with van der Waals surface area (Å²) in [6, 6.07) is 9.81. The summed E-state index contributed by atoms with van der Waals surface area (Å²) >= 11 is 0. The standard InChI is InChI=1S/C18H21N5O/c1-12-11-13(2)21-18(20-12)19-9-7-17(24)22-15-5-4-6-16-14(15)8-10-23(16)3/h4-6,8,10-11H,7,9H2,1-3H3,(H,22,24)(H,19,20,21). The first-order chi connectivity index (χ1) is 11.5. The van der Waals surface area contributed by atoms with E-state index in [1.807, 2.05) is 62.0 Å². The van der Waals surface area contributed by atoms with E-state index >= 15 is 0 Å². The predicted molar refractivity (Wildman–Crippen MR) is 96.2 cm³/mol. The summed E-state index contributed by atoms with van der Waals surface area (Å²) in [6.45, 7) is 4.33. The molecule has 1 amide bonds. The maximum absolute atomic E-state index is 12.2. The molecule has 6 nitrogen and oxygen atoms in total. The highest BCUT2D eigenvalue weighted by atomic mass is 16.1. The zero-order chi connectivity index (χ0) is 17.1. The van der Waals surface area contributed by atoms with Gasteiger partial charge in [0.15, 0.2) is 0 Å². The highest BCUT2D eigenvalue weighted by Gasteiger charge is 2.08. The van der Waals surface area contributed by atoms with Crippen LogP contribution in [0.4, 0.5) is 11.6 Å². The lowest BCUT2D eigenvalue weighted by molar-refractivity contribution is -0.115. The monoisotopic (exact) mass is 323 g/mol. The lowest BCUT2D eigenvalue weighted by Crippen LogP contribution is -2.17. The second-order valence-corrected chi connectivity index (χ2v) is 5.86. The molecule has 0 atom stereocenters. The largest absolute Gasteiger partial charge is 0.354 e. The van der Waals surface area contributed by atoms with Crippen molar-refractivity contribution in [3.8, 4) is 0 Å². The van der Waals surface area contributed by atoms with Crippen LogP contribution in [0.5, 0.6) is 0 Å². The van der Waals surface area contributed by atoms with Crippen molar-refractivity contribution >= 4 is 28.4 Å². The molecular weight excluding hydrogens is 302 g/mol. The number of carbonyl (C=O) groups excluding carboxylic acids is 1. The van der Waals surface area contributed by atoms with Crippen LogP contribution in [0.1, 0.15) is 17.8 Å². The molecule has 2 aromatic heterocycles. The number of aryl methyl sites for hydroxylation is 3. The zero-order valence-electron chi connectivity index (χ0n) is 14.1. The lowest BCUT2D eigenvalue weighted by Gasteiger charge is -2.09. The van der Waals surface area contributed by atoms with E-state index in [1.165, 1.54) is 0 Å². The Morgan fingerprint density at radius 2 is 1.92 bits per heavy atom. The van der Waals surface area contributed by atoms with Crippen LogP contribution in [0.2, 0.25) is 0 Å². The summed E-state index contributed by atoms with van der Waals surface area (Å²) in [5.41, 5.74) is 3.74. The molecule has 1 aromatic carbocycles. The van der Waals surface area contributed by atoms with Crippen LogP contribution in [0.25, 0.3) is 10.9 Å². The van der Waals surface area contributed by atoms with Gasteiger partial charge >= 0.3 is 0 Å². The van der Waals surface area contributed by atoms with Crippen LogP contribution in [-0.4, -0.2) is 27.0 Å². The van der Waals surface area contributed by atoms with Crippen LogP contribution >= 0.6 is 0 Å². The topological polar surface area (TPSA) is 71.8 Å². The molecular formula is C18H21N5O. The maximum atomic E-state index is 12.2. The summed E-state index contributed by atoms with van der Waals surface area (Å²) in [4.78, 5) is 20.8. The summed E-state index contributed by atoms with van der Waals surface area (Å²) in [5, 5.41) is 7.11. The van der Waals surface area contributed by atoms with Gasteiger partial charge in [0.05, 0.1) is 5.69 Å². The molecule has 0 aliphatic carbocycles. The van der Waals surface area contributed by atoms with Crippen LogP contribution in [-0.2, 0) is 11.8 Å². The van der Waals surface area contributed by atoms with Gasteiger partial charge in [-0.25, -0.2) is 9.97 Å². The Bertz CT molecular complexity index is 864. The number of nitrogens with one attached hydrogen (secondary N) is 2. The van der Waals surface area contributed by atoms with Crippen LogP contribution in [0.15, 0.2) is 36.5 Å². The van der Waals surface area contributed by atoms with Gasteiger partial charge in [-0.2, -0.15) is 0 Å². The number of hydrogen-bond donors (Lipinski definition) is 2. The maximum Gasteiger partial charge on any atom is 0.226 e. The van der Waals surface area contributed by atoms with Crippen molar-refractivity contribution in [1.29, 1.82) is 0 Å². The molecule has 124 valence electrons. The number of anilines is 2. The van der Waals surface area contributed by atoms with Crippen LogP contribution < -0.4 is 10.6 Å². The number of nitrogens with zero attached hydrogens (tertiary/aromatic N) is 3. The first-order valence-electron chi connectivity index (χ1n) is 7.93. The molecule has 6 heteroatoms. The van der Waals surface area contributed by atoms with Gasteiger partial charge in [0.1, 0.15) is 0 Å². The zero-order valence-corrected chi connectivity index (χ0v) is 14.1. The molecule has 2 heterocycles. The van der Waals surface area contributed by atoms with E-state index in [-0.39, 0.29) is 5.91 Å². The molecule has 0 fully saturated rings. The first kappa shape index (κ1) is 16.0. The molecule has 2 N–H and O–H groups in total. The summed E-state index contributed by atoms with van der Waals surface area (Å²) in [6.07, 6.45) is 2.33. The molecule has 3 aromatic rings. The molecule has 0 aliphatic rings. The number of hydrogen-bond acceptors (Lipinski definition) is 4. The fourth-order valence-electron chi connectivity index (χ4n) is 2.72. The predicted octanol–water partition coefficient (Wildman–Crippen LogP) is 3.03. The minimum atomic E-state index is -0.0387. The first-order valence-corrected chi connectivity index (χ1v) is 7.93. The number of carbonyl (C=O) groups is 1. The van der Waals surface area contributed by atoms with E-state index in [0.717, 1.165) is 28.0 Å². The third kappa shape index (κ3) is 3.53. The van der Waals surface area contributed by atoms with Crippen molar-refractivity contribution in [3.63, 3.8) is 0 Å². The molecule has 24 heavy (non-hydrogen) atoms. The van der Waals surface area contributed by atoms with Gasteiger partial charge in [0, 0.05) is 48.5 Å². The molecule has 0 saturated heterocycles. The molecule has 0 bridgehead atoms. The van der Waals surface area contributed by atoms with E-state index in [0.29, 0.717) is 18.9 Å². The number of aromatic nitrogens is 3. The molecule has 0 aliphatic heterocycles. The molecule has 0 saturated carbocycles. The quantitative estimate of drug-likeness (QED) is 0.757. The number of amides is 1. The van der Waals surface area contributed by atoms with Crippen molar-refractivity contribution in [2.45, 2.75) is 20.3 Å². The number of fused-ring (bicyclic) bond motifs is 1. The minimum Gasteiger partial charge on any atom is -0.354 e.